The quantitative estimate of drug-likeness (QED) is 0.584. The van der Waals surface area contributed by atoms with Gasteiger partial charge in [0.25, 0.3) is 0 Å². The largest absolute Gasteiger partial charge is 0.445 e. The Bertz CT molecular complexity index is 637. The van der Waals surface area contributed by atoms with E-state index >= 15 is 0 Å². The molecule has 1 rings (SSSR count). The van der Waals surface area contributed by atoms with Crippen LogP contribution >= 0.6 is 7.60 Å². The number of alkyl carbamates (subject to hydrolysis) is 1. The van der Waals surface area contributed by atoms with Crippen LogP contribution in [0.4, 0.5) is 4.79 Å². The lowest BCUT2D eigenvalue weighted by molar-refractivity contribution is -0.120. The van der Waals surface area contributed by atoms with Gasteiger partial charge in [-0.3, -0.25) is 9.36 Å². The van der Waals surface area contributed by atoms with E-state index in [1.165, 1.54) is 6.92 Å². The van der Waals surface area contributed by atoms with Crippen molar-refractivity contribution in [2.24, 2.45) is 0 Å². The van der Waals surface area contributed by atoms with Gasteiger partial charge in [0.2, 0.25) is 5.91 Å². The van der Waals surface area contributed by atoms with Crippen molar-refractivity contribution in [2.45, 2.75) is 59.2 Å². The van der Waals surface area contributed by atoms with Gasteiger partial charge in [-0.2, -0.15) is 0 Å². The Morgan fingerprint density at radius 3 is 2.07 bits per heavy atom. The zero-order valence-corrected chi connectivity index (χ0v) is 17.3. The van der Waals surface area contributed by atoms with E-state index < -0.39 is 25.4 Å². The molecule has 2 amide bonds. The fraction of sp³-hybridized carbons (Fsp3) is 0.556. The predicted octanol–water partition coefficient (Wildman–Crippen LogP) is 3.42. The van der Waals surface area contributed by atoms with Crippen LogP contribution in [0.3, 0.4) is 0 Å². The van der Waals surface area contributed by atoms with Crippen molar-refractivity contribution in [3.05, 3.63) is 35.9 Å². The van der Waals surface area contributed by atoms with Crippen LogP contribution in [0.25, 0.3) is 0 Å². The zero-order valence-electron chi connectivity index (χ0n) is 16.4. The first-order valence-electron chi connectivity index (χ1n) is 8.83. The van der Waals surface area contributed by atoms with E-state index in [1.807, 2.05) is 30.3 Å². The van der Waals surface area contributed by atoms with Gasteiger partial charge in [-0.05, 0) is 40.2 Å². The lowest BCUT2D eigenvalue weighted by Gasteiger charge is -2.28. The van der Waals surface area contributed by atoms with E-state index in [0.717, 1.165) is 5.56 Å². The smallest absolute Gasteiger partial charge is 0.407 e. The first-order chi connectivity index (χ1) is 12.6. The molecule has 0 bridgehead atoms. The molecule has 1 aromatic rings. The number of benzene rings is 1. The number of carbonyl (C=O) groups excluding carboxylic acids is 2. The van der Waals surface area contributed by atoms with Crippen LogP contribution in [-0.4, -0.2) is 36.5 Å². The predicted molar refractivity (Wildman–Crippen MR) is 102 cm³/mol. The van der Waals surface area contributed by atoms with Gasteiger partial charge >= 0.3 is 13.7 Å². The Kier molecular flexibility index (Phi) is 9.49. The molecular weight excluding hydrogens is 371 g/mol. The summed E-state index contributed by atoms with van der Waals surface area (Å²) in [5, 5.41) is 4.88. The Morgan fingerprint density at radius 2 is 1.56 bits per heavy atom. The second-order valence-electron chi connectivity index (χ2n) is 6.51. The van der Waals surface area contributed by atoms with Gasteiger partial charge in [0.05, 0.1) is 12.2 Å². The van der Waals surface area contributed by atoms with E-state index in [4.69, 9.17) is 13.8 Å². The second kappa shape index (κ2) is 11.1. The lowest BCUT2D eigenvalue weighted by Crippen LogP contribution is -2.41. The molecule has 0 aliphatic rings. The first-order valence-corrected chi connectivity index (χ1v) is 10.4. The molecule has 9 heteroatoms. The van der Waals surface area contributed by atoms with Crippen LogP contribution < -0.4 is 10.6 Å². The van der Waals surface area contributed by atoms with Crippen molar-refractivity contribution in [3.63, 3.8) is 0 Å². The third-order valence-corrected chi connectivity index (χ3v) is 5.67. The standard InChI is InChI=1S/C18H29N2O6P/c1-13(2)25-27(23,26-14(3)4)15(5)20-17(21)11-19-18(22)24-12-16-9-7-6-8-10-16/h6-10,13-15H,11-12H2,1-5H3,(H,19,22)(H,20,21). The second-order valence-corrected chi connectivity index (χ2v) is 8.78. The molecule has 0 radical (unpaired) electrons. The third-order valence-electron chi connectivity index (χ3n) is 3.17. The van der Waals surface area contributed by atoms with E-state index in [0.29, 0.717) is 0 Å². The molecule has 1 atom stereocenters. The lowest BCUT2D eigenvalue weighted by atomic mass is 10.2. The highest BCUT2D eigenvalue weighted by atomic mass is 31.2. The molecule has 8 nitrogen and oxygen atoms in total. The van der Waals surface area contributed by atoms with Gasteiger partial charge in [-0.15, -0.1) is 0 Å². The number of hydrogen-bond acceptors (Lipinski definition) is 6. The Morgan fingerprint density at radius 1 is 1.00 bits per heavy atom. The van der Waals surface area contributed by atoms with Gasteiger partial charge < -0.3 is 24.4 Å². The van der Waals surface area contributed by atoms with E-state index in [-0.39, 0.29) is 25.4 Å². The van der Waals surface area contributed by atoms with Crippen molar-refractivity contribution in [1.29, 1.82) is 0 Å². The molecule has 152 valence electrons. The minimum absolute atomic E-state index is 0.102. The average molecular weight is 400 g/mol. The number of ether oxygens (including phenoxy) is 1. The summed E-state index contributed by atoms with van der Waals surface area (Å²) >= 11 is 0. The van der Waals surface area contributed by atoms with Crippen LogP contribution in [0.1, 0.15) is 40.2 Å². The Hall–Kier alpha value is -1.89. The highest BCUT2D eigenvalue weighted by Crippen LogP contribution is 2.53. The van der Waals surface area contributed by atoms with Gasteiger partial charge in [0.15, 0.2) is 0 Å². The monoisotopic (exact) mass is 400 g/mol. The molecular formula is C18H29N2O6P. The van der Waals surface area contributed by atoms with Gasteiger partial charge in [-0.1, -0.05) is 30.3 Å². The normalized spacial score (nSPS) is 12.7. The first kappa shape index (κ1) is 23.1. The van der Waals surface area contributed by atoms with Gasteiger partial charge in [-0.25, -0.2) is 4.79 Å². The number of carbonyl (C=O) groups is 2. The van der Waals surface area contributed by atoms with Crippen LogP contribution in [0.2, 0.25) is 0 Å². The molecule has 0 saturated carbocycles. The Balaban J connectivity index is 2.46. The summed E-state index contributed by atoms with van der Waals surface area (Å²) in [6.07, 6.45) is -1.39. The Labute approximate surface area is 160 Å². The van der Waals surface area contributed by atoms with Crippen molar-refractivity contribution in [1.82, 2.24) is 10.6 Å². The number of nitrogens with one attached hydrogen (secondary N) is 2. The zero-order chi connectivity index (χ0) is 20.4. The average Bonchev–Trinajstić information content (AvgIpc) is 2.57. The SMILES string of the molecule is CC(C)OP(=O)(OC(C)C)C(C)NC(=O)CNC(=O)OCc1ccccc1. The summed E-state index contributed by atoms with van der Waals surface area (Å²) < 4.78 is 28.8. The van der Waals surface area contributed by atoms with Crippen molar-refractivity contribution >= 4 is 19.6 Å². The number of amides is 2. The maximum Gasteiger partial charge on any atom is 0.407 e. The van der Waals surface area contributed by atoms with E-state index in [1.54, 1.807) is 27.7 Å². The molecule has 0 heterocycles. The molecule has 2 N–H and O–H groups in total. The molecule has 0 spiro atoms. The number of hydrogen-bond donors (Lipinski definition) is 2. The molecule has 1 unspecified atom stereocenters. The van der Waals surface area contributed by atoms with Crippen LogP contribution in [0.15, 0.2) is 30.3 Å². The van der Waals surface area contributed by atoms with Crippen LogP contribution in [-0.2, 0) is 29.8 Å². The maximum absolute atomic E-state index is 12.9. The minimum atomic E-state index is -3.55. The van der Waals surface area contributed by atoms with Crippen molar-refractivity contribution in [2.75, 3.05) is 6.54 Å². The molecule has 0 aliphatic carbocycles. The van der Waals surface area contributed by atoms with E-state index in [2.05, 4.69) is 10.6 Å². The van der Waals surface area contributed by atoms with Crippen LogP contribution in [0, 0.1) is 0 Å². The van der Waals surface area contributed by atoms with Crippen LogP contribution in [0.5, 0.6) is 0 Å². The molecule has 0 aliphatic heterocycles. The third kappa shape index (κ3) is 9.04. The van der Waals surface area contributed by atoms with E-state index in [9.17, 15) is 14.2 Å². The molecule has 0 aromatic heterocycles. The van der Waals surface area contributed by atoms with Gasteiger partial charge in [0.1, 0.15) is 18.9 Å². The van der Waals surface area contributed by atoms with Crippen molar-refractivity contribution < 1.29 is 27.9 Å². The molecule has 1 aromatic carbocycles. The highest BCUT2D eigenvalue weighted by molar-refractivity contribution is 7.54. The van der Waals surface area contributed by atoms with Gasteiger partial charge in [0, 0.05) is 0 Å². The summed E-state index contributed by atoms with van der Waals surface area (Å²) in [5.41, 5.74) is 0.836. The molecule has 0 saturated heterocycles. The summed E-state index contributed by atoms with van der Waals surface area (Å²) in [5.74, 6) is -1.39. The van der Waals surface area contributed by atoms with Crippen molar-refractivity contribution in [3.8, 4) is 0 Å². The molecule has 27 heavy (non-hydrogen) atoms. The summed E-state index contributed by atoms with van der Waals surface area (Å²) in [6, 6.07) is 9.18. The molecule has 0 fully saturated rings. The number of rotatable bonds is 10. The highest BCUT2D eigenvalue weighted by Gasteiger charge is 2.36. The summed E-state index contributed by atoms with van der Waals surface area (Å²) in [4.78, 5) is 23.7. The summed E-state index contributed by atoms with van der Waals surface area (Å²) in [6.45, 7) is 8.25. The fourth-order valence-corrected chi connectivity index (χ4v) is 3.98. The maximum atomic E-state index is 12.9. The fourth-order valence-electron chi connectivity index (χ4n) is 2.08. The minimum Gasteiger partial charge on any atom is -0.445 e. The topological polar surface area (TPSA) is 103 Å². The summed E-state index contributed by atoms with van der Waals surface area (Å²) in [7, 11) is -3.55.